The van der Waals surface area contributed by atoms with Crippen molar-refractivity contribution in [2.75, 3.05) is 13.1 Å². The molecule has 1 unspecified atom stereocenters. The van der Waals surface area contributed by atoms with Gasteiger partial charge < -0.3 is 0 Å². The first-order valence-corrected chi connectivity index (χ1v) is 7.05. The van der Waals surface area contributed by atoms with Gasteiger partial charge in [-0.25, -0.2) is 0 Å². The summed E-state index contributed by atoms with van der Waals surface area (Å²) in [6, 6.07) is 15.0. The molecule has 0 amide bonds. The van der Waals surface area contributed by atoms with Crippen molar-refractivity contribution in [3.63, 3.8) is 0 Å². The summed E-state index contributed by atoms with van der Waals surface area (Å²) in [5, 5.41) is 0. The van der Waals surface area contributed by atoms with Gasteiger partial charge >= 0.3 is 0 Å². The lowest BCUT2D eigenvalue weighted by atomic mass is 10.00. The van der Waals surface area contributed by atoms with Crippen molar-refractivity contribution in [3.05, 3.63) is 66.0 Å². The van der Waals surface area contributed by atoms with Gasteiger partial charge in [0.05, 0.1) is 0 Å². The highest BCUT2D eigenvalue weighted by Gasteiger charge is 2.22. The minimum Gasteiger partial charge on any atom is -0.299 e. The van der Waals surface area contributed by atoms with Crippen LogP contribution in [0.1, 0.15) is 17.5 Å². The Bertz CT molecular complexity index is 448. The van der Waals surface area contributed by atoms with Crippen LogP contribution in [0.3, 0.4) is 0 Å². The first-order chi connectivity index (χ1) is 9.40. The van der Waals surface area contributed by atoms with Crippen LogP contribution in [0.4, 0.5) is 0 Å². The van der Waals surface area contributed by atoms with E-state index in [0.29, 0.717) is 0 Å². The minimum absolute atomic E-state index is 0.797. The van der Waals surface area contributed by atoms with E-state index in [9.17, 15) is 0 Å². The zero-order valence-electron chi connectivity index (χ0n) is 11.2. The summed E-state index contributed by atoms with van der Waals surface area (Å²) in [4.78, 5) is 6.65. The molecule has 1 atom stereocenters. The number of hydrogen-bond donors (Lipinski definition) is 0. The maximum atomic E-state index is 4.08. The molecule has 1 saturated heterocycles. The predicted molar refractivity (Wildman–Crippen MR) is 77.8 cm³/mol. The molecule has 19 heavy (non-hydrogen) atoms. The molecule has 0 bridgehead atoms. The first kappa shape index (κ1) is 12.4. The molecular formula is C17H20N2. The largest absolute Gasteiger partial charge is 0.299 e. The standard InChI is InChI=1S/C17H20N2/c1-2-4-16(5-3-1)13-19-11-8-17(14-19)12-15-6-9-18-10-7-15/h1-7,9-10,17H,8,11-14H2. The van der Waals surface area contributed by atoms with Gasteiger partial charge in [0.15, 0.2) is 0 Å². The lowest BCUT2D eigenvalue weighted by Crippen LogP contribution is -2.20. The molecule has 2 heterocycles. The van der Waals surface area contributed by atoms with Gasteiger partial charge in [-0.15, -0.1) is 0 Å². The topological polar surface area (TPSA) is 16.1 Å². The van der Waals surface area contributed by atoms with Crippen LogP contribution in [0, 0.1) is 5.92 Å². The van der Waals surface area contributed by atoms with Gasteiger partial charge in [0, 0.05) is 25.5 Å². The van der Waals surface area contributed by atoms with Crippen molar-refractivity contribution < 1.29 is 0 Å². The molecule has 2 nitrogen and oxygen atoms in total. The Hall–Kier alpha value is -1.67. The van der Waals surface area contributed by atoms with Gasteiger partial charge in [0.2, 0.25) is 0 Å². The average molecular weight is 252 g/mol. The average Bonchev–Trinajstić information content (AvgIpc) is 2.88. The zero-order chi connectivity index (χ0) is 12.9. The molecule has 0 radical (unpaired) electrons. The Kier molecular flexibility index (Phi) is 3.89. The summed E-state index contributed by atoms with van der Waals surface area (Å²) in [5.74, 6) is 0.797. The molecule has 1 aromatic carbocycles. The number of hydrogen-bond acceptors (Lipinski definition) is 2. The summed E-state index contributed by atoms with van der Waals surface area (Å²) in [6.07, 6.45) is 6.29. The van der Waals surface area contributed by atoms with E-state index in [1.807, 2.05) is 12.4 Å². The van der Waals surface area contributed by atoms with Crippen LogP contribution >= 0.6 is 0 Å². The second-order valence-corrected chi connectivity index (χ2v) is 5.44. The van der Waals surface area contributed by atoms with Crippen LogP contribution in [-0.4, -0.2) is 23.0 Å². The lowest BCUT2D eigenvalue weighted by molar-refractivity contribution is 0.316. The molecule has 98 valence electrons. The molecule has 0 spiro atoms. The molecule has 2 aromatic rings. The molecule has 1 fully saturated rings. The van der Waals surface area contributed by atoms with E-state index < -0.39 is 0 Å². The van der Waals surface area contributed by atoms with E-state index in [0.717, 1.165) is 12.5 Å². The molecule has 1 aliphatic heterocycles. The zero-order valence-corrected chi connectivity index (χ0v) is 11.2. The Morgan fingerprint density at radius 2 is 1.79 bits per heavy atom. The molecule has 0 saturated carbocycles. The minimum atomic E-state index is 0.797. The normalized spacial score (nSPS) is 19.7. The summed E-state index contributed by atoms with van der Waals surface area (Å²) in [6.45, 7) is 3.54. The van der Waals surface area contributed by atoms with E-state index in [1.165, 1.54) is 37.1 Å². The molecular weight excluding hydrogens is 232 g/mol. The van der Waals surface area contributed by atoms with Crippen LogP contribution in [-0.2, 0) is 13.0 Å². The Balaban J connectivity index is 1.53. The number of aromatic nitrogens is 1. The van der Waals surface area contributed by atoms with Crippen LogP contribution in [0.15, 0.2) is 54.9 Å². The number of benzene rings is 1. The van der Waals surface area contributed by atoms with Crippen LogP contribution in [0.5, 0.6) is 0 Å². The Morgan fingerprint density at radius 3 is 2.58 bits per heavy atom. The summed E-state index contributed by atoms with van der Waals surface area (Å²) >= 11 is 0. The molecule has 1 aliphatic rings. The van der Waals surface area contributed by atoms with E-state index in [4.69, 9.17) is 0 Å². The van der Waals surface area contributed by atoms with Gasteiger partial charge in [-0.05, 0) is 48.6 Å². The number of likely N-dealkylation sites (tertiary alicyclic amines) is 1. The van der Waals surface area contributed by atoms with Gasteiger partial charge in [-0.1, -0.05) is 30.3 Å². The second kappa shape index (κ2) is 5.98. The van der Waals surface area contributed by atoms with E-state index in [1.54, 1.807) is 0 Å². The van der Waals surface area contributed by atoms with Gasteiger partial charge in [0.1, 0.15) is 0 Å². The number of nitrogens with zero attached hydrogens (tertiary/aromatic N) is 2. The molecule has 1 aromatic heterocycles. The van der Waals surface area contributed by atoms with Crippen molar-refractivity contribution in [3.8, 4) is 0 Å². The molecule has 0 N–H and O–H groups in total. The Morgan fingerprint density at radius 1 is 1.00 bits per heavy atom. The van der Waals surface area contributed by atoms with E-state index in [2.05, 4.69) is 52.3 Å². The maximum Gasteiger partial charge on any atom is 0.0270 e. The molecule has 0 aliphatic carbocycles. The third-order valence-electron chi connectivity index (χ3n) is 3.89. The third-order valence-corrected chi connectivity index (χ3v) is 3.89. The quantitative estimate of drug-likeness (QED) is 0.831. The van der Waals surface area contributed by atoms with E-state index in [-0.39, 0.29) is 0 Å². The Labute approximate surface area is 115 Å². The van der Waals surface area contributed by atoms with Crippen LogP contribution in [0.25, 0.3) is 0 Å². The van der Waals surface area contributed by atoms with Crippen molar-refractivity contribution in [2.45, 2.75) is 19.4 Å². The van der Waals surface area contributed by atoms with Gasteiger partial charge in [-0.3, -0.25) is 9.88 Å². The fourth-order valence-electron chi connectivity index (χ4n) is 2.92. The van der Waals surface area contributed by atoms with E-state index >= 15 is 0 Å². The van der Waals surface area contributed by atoms with Crippen molar-refractivity contribution >= 4 is 0 Å². The summed E-state index contributed by atoms with van der Waals surface area (Å²) in [5.41, 5.74) is 2.84. The van der Waals surface area contributed by atoms with Crippen molar-refractivity contribution in [2.24, 2.45) is 5.92 Å². The van der Waals surface area contributed by atoms with Gasteiger partial charge in [0.25, 0.3) is 0 Å². The first-order valence-electron chi connectivity index (χ1n) is 7.05. The smallest absolute Gasteiger partial charge is 0.0270 e. The monoisotopic (exact) mass is 252 g/mol. The summed E-state index contributed by atoms with van der Waals surface area (Å²) in [7, 11) is 0. The highest BCUT2D eigenvalue weighted by Crippen LogP contribution is 2.22. The van der Waals surface area contributed by atoms with Crippen molar-refractivity contribution in [1.82, 2.24) is 9.88 Å². The van der Waals surface area contributed by atoms with Crippen LogP contribution in [0.2, 0.25) is 0 Å². The lowest BCUT2D eigenvalue weighted by Gasteiger charge is -2.16. The summed E-state index contributed by atoms with van der Waals surface area (Å²) < 4.78 is 0. The maximum absolute atomic E-state index is 4.08. The highest BCUT2D eigenvalue weighted by molar-refractivity contribution is 5.15. The molecule has 2 heteroatoms. The highest BCUT2D eigenvalue weighted by atomic mass is 15.1. The fraction of sp³-hybridized carbons (Fsp3) is 0.353. The number of pyridine rings is 1. The predicted octanol–water partition coefficient (Wildman–Crippen LogP) is 3.15. The second-order valence-electron chi connectivity index (χ2n) is 5.44. The SMILES string of the molecule is c1ccc(CN2CCC(Cc3ccncc3)C2)cc1. The fourth-order valence-corrected chi connectivity index (χ4v) is 2.92. The van der Waals surface area contributed by atoms with Crippen molar-refractivity contribution in [1.29, 1.82) is 0 Å². The number of rotatable bonds is 4. The third kappa shape index (κ3) is 3.42. The van der Waals surface area contributed by atoms with Gasteiger partial charge in [-0.2, -0.15) is 0 Å². The molecule has 3 rings (SSSR count). The van der Waals surface area contributed by atoms with Crippen LogP contribution < -0.4 is 0 Å².